The van der Waals surface area contributed by atoms with E-state index >= 15 is 0 Å². The van der Waals surface area contributed by atoms with Gasteiger partial charge in [-0.05, 0) is 27.0 Å². The molecule has 1 unspecified atom stereocenters. The fraction of sp³-hybridized carbons (Fsp3) is 0.778. The summed E-state index contributed by atoms with van der Waals surface area (Å²) >= 11 is 1.39. The second kappa shape index (κ2) is 4.21. The SMILES string of the molecule is CCOC(=O)C1OC(SC)=NC1(C)C. The summed E-state index contributed by atoms with van der Waals surface area (Å²) < 4.78 is 10.3. The van der Waals surface area contributed by atoms with Crippen LogP contribution in [-0.2, 0) is 14.3 Å². The van der Waals surface area contributed by atoms with Crippen LogP contribution >= 0.6 is 11.8 Å². The molecule has 0 saturated heterocycles. The second-order valence-corrected chi connectivity index (χ2v) is 4.24. The van der Waals surface area contributed by atoms with E-state index in [2.05, 4.69) is 4.99 Å². The average molecular weight is 217 g/mol. The molecular weight excluding hydrogens is 202 g/mol. The molecule has 4 nitrogen and oxygen atoms in total. The Morgan fingerprint density at radius 1 is 1.71 bits per heavy atom. The predicted molar refractivity (Wildman–Crippen MR) is 56.5 cm³/mol. The first-order chi connectivity index (χ1) is 6.51. The molecule has 0 saturated carbocycles. The Labute approximate surface area is 88.1 Å². The van der Waals surface area contributed by atoms with Crippen molar-refractivity contribution in [1.29, 1.82) is 0 Å². The van der Waals surface area contributed by atoms with Gasteiger partial charge in [0.05, 0.1) is 6.61 Å². The number of ether oxygens (including phenoxy) is 2. The largest absolute Gasteiger partial charge is 0.463 e. The lowest BCUT2D eigenvalue weighted by molar-refractivity contribution is -0.153. The topological polar surface area (TPSA) is 47.9 Å². The van der Waals surface area contributed by atoms with Gasteiger partial charge >= 0.3 is 5.97 Å². The Kier molecular flexibility index (Phi) is 3.42. The van der Waals surface area contributed by atoms with E-state index in [0.29, 0.717) is 11.8 Å². The minimum Gasteiger partial charge on any atom is -0.463 e. The maximum Gasteiger partial charge on any atom is 0.349 e. The van der Waals surface area contributed by atoms with E-state index in [4.69, 9.17) is 9.47 Å². The molecule has 0 bridgehead atoms. The van der Waals surface area contributed by atoms with Crippen molar-refractivity contribution in [1.82, 2.24) is 0 Å². The quantitative estimate of drug-likeness (QED) is 0.657. The van der Waals surface area contributed by atoms with Crippen molar-refractivity contribution in [2.45, 2.75) is 32.4 Å². The zero-order valence-corrected chi connectivity index (χ0v) is 9.68. The molecule has 0 N–H and O–H groups in total. The summed E-state index contributed by atoms with van der Waals surface area (Å²) in [6.45, 7) is 5.86. The van der Waals surface area contributed by atoms with Gasteiger partial charge in [-0.15, -0.1) is 0 Å². The van der Waals surface area contributed by atoms with Gasteiger partial charge in [0.1, 0.15) is 5.54 Å². The third kappa shape index (κ3) is 2.20. The molecule has 14 heavy (non-hydrogen) atoms. The fourth-order valence-electron chi connectivity index (χ4n) is 1.21. The first-order valence-corrected chi connectivity index (χ1v) is 5.71. The Morgan fingerprint density at radius 2 is 2.36 bits per heavy atom. The van der Waals surface area contributed by atoms with Gasteiger partial charge in [0.2, 0.25) is 11.3 Å². The first-order valence-electron chi connectivity index (χ1n) is 4.48. The molecule has 0 amide bonds. The summed E-state index contributed by atoms with van der Waals surface area (Å²) in [5, 5.41) is 0.549. The zero-order chi connectivity index (χ0) is 10.8. The smallest absolute Gasteiger partial charge is 0.349 e. The molecule has 0 spiro atoms. The molecule has 0 aromatic carbocycles. The molecule has 80 valence electrons. The van der Waals surface area contributed by atoms with Crippen molar-refractivity contribution in [2.24, 2.45) is 4.99 Å². The minimum absolute atomic E-state index is 0.342. The van der Waals surface area contributed by atoms with Gasteiger partial charge in [0, 0.05) is 0 Å². The van der Waals surface area contributed by atoms with Crippen molar-refractivity contribution in [2.75, 3.05) is 12.9 Å². The van der Waals surface area contributed by atoms with Crippen LogP contribution < -0.4 is 0 Å². The lowest BCUT2D eigenvalue weighted by Crippen LogP contribution is -2.39. The number of nitrogens with zero attached hydrogens (tertiary/aromatic N) is 1. The van der Waals surface area contributed by atoms with Gasteiger partial charge in [-0.2, -0.15) is 0 Å². The number of carbonyl (C=O) groups is 1. The van der Waals surface area contributed by atoms with Crippen LogP contribution in [0.15, 0.2) is 4.99 Å². The average Bonchev–Trinajstić information content (AvgIpc) is 2.41. The van der Waals surface area contributed by atoms with E-state index in [1.807, 2.05) is 20.1 Å². The number of hydrogen-bond donors (Lipinski definition) is 0. The van der Waals surface area contributed by atoms with Crippen LogP contribution in [-0.4, -0.2) is 35.7 Å². The van der Waals surface area contributed by atoms with Gasteiger partial charge < -0.3 is 9.47 Å². The number of rotatable bonds is 2. The van der Waals surface area contributed by atoms with E-state index in [1.165, 1.54) is 11.8 Å². The van der Waals surface area contributed by atoms with Crippen LogP contribution in [0.5, 0.6) is 0 Å². The van der Waals surface area contributed by atoms with Crippen LogP contribution in [0.2, 0.25) is 0 Å². The van der Waals surface area contributed by atoms with E-state index < -0.39 is 11.6 Å². The molecule has 1 aliphatic heterocycles. The summed E-state index contributed by atoms with van der Waals surface area (Å²) in [4.78, 5) is 15.8. The van der Waals surface area contributed by atoms with Crippen molar-refractivity contribution >= 4 is 23.0 Å². The third-order valence-electron chi connectivity index (χ3n) is 1.92. The van der Waals surface area contributed by atoms with Crippen LogP contribution in [0.3, 0.4) is 0 Å². The van der Waals surface area contributed by atoms with Gasteiger partial charge in [0.15, 0.2) is 0 Å². The highest BCUT2D eigenvalue weighted by Crippen LogP contribution is 2.29. The predicted octanol–water partition coefficient (Wildman–Crippen LogP) is 1.45. The summed E-state index contributed by atoms with van der Waals surface area (Å²) in [7, 11) is 0. The van der Waals surface area contributed by atoms with Crippen LogP contribution in [0.4, 0.5) is 0 Å². The Hall–Kier alpha value is -0.710. The lowest BCUT2D eigenvalue weighted by Gasteiger charge is -2.20. The van der Waals surface area contributed by atoms with Crippen molar-refractivity contribution in [3.63, 3.8) is 0 Å². The maximum atomic E-state index is 11.5. The van der Waals surface area contributed by atoms with E-state index in [0.717, 1.165) is 0 Å². The molecule has 0 aromatic heterocycles. The van der Waals surface area contributed by atoms with Crippen LogP contribution in [0, 0.1) is 0 Å². The molecule has 1 heterocycles. The number of carbonyl (C=O) groups excluding carboxylic acids is 1. The van der Waals surface area contributed by atoms with E-state index in [9.17, 15) is 4.79 Å². The summed E-state index contributed by atoms with van der Waals surface area (Å²) in [5.41, 5.74) is -0.523. The van der Waals surface area contributed by atoms with Crippen LogP contribution in [0.25, 0.3) is 0 Å². The molecule has 0 aromatic rings. The normalized spacial score (nSPS) is 24.0. The summed E-state index contributed by atoms with van der Waals surface area (Å²) in [5.74, 6) is -0.342. The van der Waals surface area contributed by atoms with E-state index in [1.54, 1.807) is 6.92 Å². The van der Waals surface area contributed by atoms with Crippen molar-refractivity contribution in [3.8, 4) is 0 Å². The monoisotopic (exact) mass is 217 g/mol. The Morgan fingerprint density at radius 3 is 2.79 bits per heavy atom. The maximum absolute atomic E-state index is 11.5. The molecule has 5 heteroatoms. The Balaban J connectivity index is 2.71. The fourth-order valence-corrected chi connectivity index (χ4v) is 1.73. The standard InChI is InChI=1S/C9H15NO3S/c1-5-12-7(11)6-9(2,3)10-8(13-6)14-4/h6H,5H2,1-4H3. The molecule has 0 fully saturated rings. The number of aliphatic imine (C=N–C) groups is 1. The van der Waals surface area contributed by atoms with Crippen molar-refractivity contribution < 1.29 is 14.3 Å². The third-order valence-corrected chi connectivity index (χ3v) is 2.45. The highest BCUT2D eigenvalue weighted by molar-refractivity contribution is 8.12. The highest BCUT2D eigenvalue weighted by atomic mass is 32.2. The minimum atomic E-state index is -0.607. The van der Waals surface area contributed by atoms with E-state index in [-0.39, 0.29) is 5.97 Å². The first kappa shape index (κ1) is 11.4. The zero-order valence-electron chi connectivity index (χ0n) is 8.86. The molecule has 0 aliphatic carbocycles. The molecule has 0 radical (unpaired) electrons. The van der Waals surface area contributed by atoms with Gasteiger partial charge in [-0.1, -0.05) is 11.8 Å². The molecule has 1 rings (SSSR count). The lowest BCUT2D eigenvalue weighted by atomic mass is 9.99. The number of esters is 1. The summed E-state index contributed by atoms with van der Waals surface area (Å²) in [6, 6.07) is 0. The van der Waals surface area contributed by atoms with Crippen molar-refractivity contribution in [3.05, 3.63) is 0 Å². The van der Waals surface area contributed by atoms with Gasteiger partial charge in [-0.3, -0.25) is 0 Å². The number of hydrogen-bond acceptors (Lipinski definition) is 5. The van der Waals surface area contributed by atoms with Gasteiger partial charge in [0.25, 0.3) is 0 Å². The molecule has 1 aliphatic rings. The Bertz CT molecular complexity index is 263. The number of thioether (sulfide) groups is 1. The highest BCUT2D eigenvalue weighted by Gasteiger charge is 2.44. The van der Waals surface area contributed by atoms with Gasteiger partial charge in [-0.25, -0.2) is 9.79 Å². The second-order valence-electron chi connectivity index (χ2n) is 3.49. The molecule has 1 atom stereocenters. The summed E-state index contributed by atoms with van der Waals surface area (Å²) in [6.07, 6.45) is 1.26. The molecular formula is C9H15NO3S. The van der Waals surface area contributed by atoms with Crippen LogP contribution in [0.1, 0.15) is 20.8 Å².